The molecule has 0 saturated heterocycles. The molecule has 1 aromatic carbocycles. The molecular formula is C16H19N3O2. The van der Waals surface area contributed by atoms with Crippen molar-refractivity contribution in [1.82, 2.24) is 4.98 Å². The van der Waals surface area contributed by atoms with Crippen LogP contribution in [0.1, 0.15) is 36.7 Å². The Morgan fingerprint density at radius 3 is 2.33 bits per heavy atom. The molecule has 0 saturated carbocycles. The molecule has 2 aromatic rings. The molecule has 0 aliphatic heterocycles. The molecule has 0 bridgehead atoms. The van der Waals surface area contributed by atoms with E-state index < -0.39 is 5.97 Å². The normalized spacial score (nSPS) is 11.2. The van der Waals surface area contributed by atoms with E-state index >= 15 is 0 Å². The van der Waals surface area contributed by atoms with Crippen molar-refractivity contribution >= 4 is 23.2 Å². The van der Waals surface area contributed by atoms with Gasteiger partial charge in [0, 0.05) is 11.9 Å². The van der Waals surface area contributed by atoms with Gasteiger partial charge in [-0.2, -0.15) is 0 Å². The van der Waals surface area contributed by atoms with Crippen LogP contribution >= 0.6 is 0 Å². The van der Waals surface area contributed by atoms with Crippen molar-refractivity contribution in [3.63, 3.8) is 0 Å². The van der Waals surface area contributed by atoms with Crippen molar-refractivity contribution in [2.75, 3.05) is 11.1 Å². The van der Waals surface area contributed by atoms with Gasteiger partial charge in [0.2, 0.25) is 0 Å². The molecule has 5 heteroatoms. The third-order valence-corrected chi connectivity index (χ3v) is 3.18. The van der Waals surface area contributed by atoms with Gasteiger partial charge in [0.1, 0.15) is 0 Å². The Kier molecular flexibility index (Phi) is 3.84. The minimum Gasteiger partial charge on any atom is -0.478 e. The number of hydrogen-bond acceptors (Lipinski definition) is 4. The number of carboxylic acid groups (broad SMARTS) is 1. The number of aromatic nitrogens is 1. The molecule has 0 atom stereocenters. The van der Waals surface area contributed by atoms with E-state index in [9.17, 15) is 4.79 Å². The molecule has 0 aliphatic rings. The molecule has 2 rings (SSSR count). The van der Waals surface area contributed by atoms with E-state index in [0.29, 0.717) is 11.5 Å². The predicted molar refractivity (Wildman–Crippen MR) is 84.0 cm³/mol. The van der Waals surface area contributed by atoms with Gasteiger partial charge in [-0.1, -0.05) is 32.9 Å². The molecule has 0 fully saturated rings. The molecule has 0 radical (unpaired) electrons. The molecule has 110 valence electrons. The van der Waals surface area contributed by atoms with Crippen molar-refractivity contribution in [1.29, 1.82) is 0 Å². The minimum absolute atomic E-state index is 0.0705. The summed E-state index contributed by atoms with van der Waals surface area (Å²) in [5.41, 5.74) is 8.37. The number of rotatable bonds is 3. The fourth-order valence-electron chi connectivity index (χ4n) is 1.89. The molecule has 0 amide bonds. The molecule has 0 aliphatic carbocycles. The lowest BCUT2D eigenvalue weighted by Crippen LogP contribution is -2.10. The number of hydrogen-bond donors (Lipinski definition) is 3. The number of carbonyl (C=O) groups is 1. The Morgan fingerprint density at radius 1 is 1.24 bits per heavy atom. The van der Waals surface area contributed by atoms with Crippen LogP contribution in [0, 0.1) is 0 Å². The van der Waals surface area contributed by atoms with Gasteiger partial charge in [-0.25, -0.2) is 9.78 Å². The second-order valence-electron chi connectivity index (χ2n) is 5.92. The number of benzene rings is 1. The number of carboxylic acids is 1. The summed E-state index contributed by atoms with van der Waals surface area (Å²) in [6.07, 6.45) is 1.28. The number of nitrogens with one attached hydrogen (secondary N) is 1. The van der Waals surface area contributed by atoms with Crippen LogP contribution in [0.2, 0.25) is 0 Å². The highest BCUT2D eigenvalue weighted by Gasteiger charge is 2.13. The van der Waals surface area contributed by atoms with Crippen LogP contribution in [0.25, 0.3) is 0 Å². The Balaban J connectivity index is 2.20. The van der Waals surface area contributed by atoms with Gasteiger partial charge in [0.05, 0.1) is 11.3 Å². The molecule has 5 nitrogen and oxygen atoms in total. The Labute approximate surface area is 123 Å². The Morgan fingerprint density at radius 2 is 1.86 bits per heavy atom. The van der Waals surface area contributed by atoms with Gasteiger partial charge in [-0.05, 0) is 29.2 Å². The summed E-state index contributed by atoms with van der Waals surface area (Å²) in [5, 5.41) is 12.0. The predicted octanol–water partition coefficient (Wildman–Crippen LogP) is 3.40. The van der Waals surface area contributed by atoms with Crippen LogP contribution in [0.15, 0.2) is 36.5 Å². The average Bonchev–Trinajstić information content (AvgIpc) is 2.40. The van der Waals surface area contributed by atoms with E-state index in [1.165, 1.54) is 17.8 Å². The smallest absolute Gasteiger partial charge is 0.337 e. The highest BCUT2D eigenvalue weighted by Crippen LogP contribution is 2.26. The molecule has 21 heavy (non-hydrogen) atoms. The van der Waals surface area contributed by atoms with Crippen LogP contribution in [-0.4, -0.2) is 16.1 Å². The first-order valence-corrected chi connectivity index (χ1v) is 6.64. The largest absolute Gasteiger partial charge is 0.478 e. The van der Waals surface area contributed by atoms with Gasteiger partial charge in [0.25, 0.3) is 0 Å². The average molecular weight is 285 g/mol. The molecule has 1 heterocycles. The molecule has 1 aromatic heterocycles. The number of nitrogens with two attached hydrogens (primary N) is 1. The van der Waals surface area contributed by atoms with Crippen molar-refractivity contribution in [2.24, 2.45) is 0 Å². The molecule has 4 N–H and O–H groups in total. The summed E-state index contributed by atoms with van der Waals surface area (Å²) < 4.78 is 0. The van der Waals surface area contributed by atoms with Gasteiger partial charge >= 0.3 is 5.97 Å². The second kappa shape index (κ2) is 5.44. The molecular weight excluding hydrogens is 266 g/mol. The second-order valence-corrected chi connectivity index (χ2v) is 5.92. The summed E-state index contributed by atoms with van der Waals surface area (Å²) in [6.45, 7) is 6.46. The summed E-state index contributed by atoms with van der Waals surface area (Å²) >= 11 is 0. The van der Waals surface area contributed by atoms with Gasteiger partial charge in [-0.15, -0.1) is 0 Å². The molecule has 0 unspecified atom stereocenters. The standard InChI is InChI=1S/C16H19N3O2/c1-16(2,3)11-4-6-12(7-5-11)19-14-13(17)8-10(9-18-14)15(20)21/h4-9H,17H2,1-3H3,(H,18,19)(H,20,21). The maximum absolute atomic E-state index is 10.8. The quantitative estimate of drug-likeness (QED) is 0.804. The Bertz CT molecular complexity index is 658. The van der Waals surface area contributed by atoms with E-state index in [2.05, 4.69) is 31.1 Å². The van der Waals surface area contributed by atoms with E-state index in [1.807, 2.05) is 24.3 Å². The van der Waals surface area contributed by atoms with Gasteiger partial charge < -0.3 is 16.2 Å². The Hall–Kier alpha value is -2.56. The fourth-order valence-corrected chi connectivity index (χ4v) is 1.89. The van der Waals surface area contributed by atoms with Crippen LogP contribution in [-0.2, 0) is 5.41 Å². The SMILES string of the molecule is CC(C)(C)c1ccc(Nc2ncc(C(=O)O)cc2N)cc1. The van der Waals surface area contributed by atoms with E-state index in [-0.39, 0.29) is 11.0 Å². The van der Waals surface area contributed by atoms with Gasteiger partial charge in [-0.3, -0.25) is 0 Å². The lowest BCUT2D eigenvalue weighted by molar-refractivity contribution is 0.0696. The summed E-state index contributed by atoms with van der Waals surface area (Å²) in [7, 11) is 0. The fraction of sp³-hybridized carbons (Fsp3) is 0.250. The van der Waals surface area contributed by atoms with Crippen molar-refractivity contribution < 1.29 is 9.90 Å². The zero-order valence-corrected chi connectivity index (χ0v) is 12.3. The molecule has 0 spiro atoms. The third-order valence-electron chi connectivity index (χ3n) is 3.18. The number of pyridine rings is 1. The maximum atomic E-state index is 10.8. The maximum Gasteiger partial charge on any atom is 0.337 e. The van der Waals surface area contributed by atoms with E-state index in [4.69, 9.17) is 10.8 Å². The van der Waals surface area contributed by atoms with Crippen LogP contribution in [0.5, 0.6) is 0 Å². The van der Waals surface area contributed by atoms with E-state index in [0.717, 1.165) is 5.69 Å². The van der Waals surface area contributed by atoms with Gasteiger partial charge in [0.15, 0.2) is 5.82 Å². The first-order valence-electron chi connectivity index (χ1n) is 6.64. The number of anilines is 3. The van der Waals surface area contributed by atoms with Crippen molar-refractivity contribution in [2.45, 2.75) is 26.2 Å². The zero-order valence-electron chi connectivity index (χ0n) is 12.3. The van der Waals surface area contributed by atoms with Crippen molar-refractivity contribution in [3.8, 4) is 0 Å². The summed E-state index contributed by atoms with van der Waals surface area (Å²) in [4.78, 5) is 14.9. The van der Waals surface area contributed by atoms with E-state index in [1.54, 1.807) is 0 Å². The first kappa shape index (κ1) is 14.8. The lowest BCUT2D eigenvalue weighted by Gasteiger charge is -2.19. The monoisotopic (exact) mass is 285 g/mol. The topological polar surface area (TPSA) is 88.2 Å². The number of aromatic carboxylic acids is 1. The van der Waals surface area contributed by atoms with Crippen molar-refractivity contribution in [3.05, 3.63) is 47.7 Å². The van der Waals surface area contributed by atoms with Crippen LogP contribution in [0.3, 0.4) is 0 Å². The zero-order chi connectivity index (χ0) is 15.6. The van der Waals surface area contributed by atoms with Crippen LogP contribution < -0.4 is 11.1 Å². The number of nitrogens with zero attached hydrogens (tertiary/aromatic N) is 1. The first-order chi connectivity index (χ1) is 9.77. The van der Waals surface area contributed by atoms with Crippen LogP contribution in [0.4, 0.5) is 17.2 Å². The third kappa shape index (κ3) is 3.51. The number of nitrogen functional groups attached to an aromatic ring is 1. The summed E-state index contributed by atoms with van der Waals surface area (Å²) in [6, 6.07) is 9.38. The highest BCUT2D eigenvalue weighted by molar-refractivity contribution is 5.89. The lowest BCUT2D eigenvalue weighted by atomic mass is 9.87. The minimum atomic E-state index is -1.05. The highest BCUT2D eigenvalue weighted by atomic mass is 16.4. The summed E-state index contributed by atoms with van der Waals surface area (Å²) in [5.74, 6) is -0.598.